The van der Waals surface area contributed by atoms with Crippen molar-refractivity contribution in [3.8, 4) is 0 Å². The van der Waals surface area contributed by atoms with Crippen LogP contribution in [-0.4, -0.2) is 33.2 Å². The normalized spacial score (nSPS) is 10.8. The van der Waals surface area contributed by atoms with E-state index in [9.17, 15) is 9.59 Å². The minimum absolute atomic E-state index is 0.0105. The van der Waals surface area contributed by atoms with Crippen LogP contribution in [0.25, 0.3) is 10.2 Å². The molecular formula is C19H19N3O2S2. The molecule has 1 aromatic carbocycles. The molecule has 0 aliphatic heterocycles. The molecule has 26 heavy (non-hydrogen) atoms. The van der Waals surface area contributed by atoms with Gasteiger partial charge in [-0.1, -0.05) is 48.2 Å². The third-order valence-electron chi connectivity index (χ3n) is 3.86. The first-order chi connectivity index (χ1) is 12.6. The summed E-state index contributed by atoms with van der Waals surface area (Å²) in [5, 5.41) is 2.40. The molecule has 7 heteroatoms. The molecular weight excluding hydrogens is 366 g/mol. The molecule has 2 aromatic heterocycles. The number of aromatic nitrogens is 2. The Hall–Kier alpha value is -2.38. The molecule has 1 amide bonds. The number of hydrogen-bond acceptors (Lipinski definition) is 5. The summed E-state index contributed by atoms with van der Waals surface area (Å²) in [4.78, 5) is 31.3. The highest BCUT2D eigenvalue weighted by Gasteiger charge is 2.15. The second-order valence-electron chi connectivity index (χ2n) is 5.76. The fourth-order valence-corrected chi connectivity index (χ4v) is 4.23. The smallest absolute Gasteiger partial charge is 0.272 e. The highest BCUT2D eigenvalue weighted by Crippen LogP contribution is 2.21. The Labute approximate surface area is 160 Å². The molecule has 3 aromatic rings. The fourth-order valence-electron chi connectivity index (χ4n) is 2.51. The number of allylic oxidation sites excluding steroid dienone is 1. The van der Waals surface area contributed by atoms with Gasteiger partial charge in [-0.3, -0.25) is 14.2 Å². The quantitative estimate of drug-likeness (QED) is 0.355. The van der Waals surface area contributed by atoms with Crippen LogP contribution in [-0.2, 0) is 17.9 Å². The van der Waals surface area contributed by atoms with Crippen molar-refractivity contribution >= 4 is 39.2 Å². The molecule has 2 heterocycles. The van der Waals surface area contributed by atoms with Gasteiger partial charge >= 0.3 is 0 Å². The van der Waals surface area contributed by atoms with Gasteiger partial charge in [0.2, 0.25) is 5.91 Å². The number of carbonyl (C=O) groups is 1. The van der Waals surface area contributed by atoms with Gasteiger partial charge in [-0.25, -0.2) is 4.98 Å². The average Bonchev–Trinajstić information content (AvgIpc) is 3.12. The lowest BCUT2D eigenvalue weighted by atomic mass is 10.2. The second kappa shape index (κ2) is 8.33. The number of hydrogen-bond donors (Lipinski definition) is 0. The molecule has 0 unspecified atom stereocenters. The summed E-state index contributed by atoms with van der Waals surface area (Å²) in [6.45, 7) is 4.63. The summed E-state index contributed by atoms with van der Waals surface area (Å²) in [5.74, 6) is 0.214. The molecule has 0 bridgehead atoms. The van der Waals surface area contributed by atoms with Gasteiger partial charge in [0.25, 0.3) is 5.56 Å². The van der Waals surface area contributed by atoms with Crippen molar-refractivity contribution in [1.82, 2.24) is 14.5 Å². The van der Waals surface area contributed by atoms with Crippen molar-refractivity contribution in [3.63, 3.8) is 0 Å². The first-order valence-corrected chi connectivity index (χ1v) is 9.96. The summed E-state index contributed by atoms with van der Waals surface area (Å²) in [6, 6.07) is 11.7. The van der Waals surface area contributed by atoms with E-state index in [1.54, 1.807) is 22.6 Å². The molecule has 0 fully saturated rings. The standard InChI is InChI=1S/C19H19N3O2S2/c1-3-10-22-18(24)17-15(9-11-25-17)20-19(22)26-13-16(23)21(2)12-14-7-5-4-6-8-14/h3-9,11H,1,10,12-13H2,2H3. The van der Waals surface area contributed by atoms with Crippen molar-refractivity contribution in [2.24, 2.45) is 0 Å². The molecule has 0 saturated heterocycles. The maximum absolute atomic E-state index is 12.6. The van der Waals surface area contributed by atoms with Gasteiger partial charge in [0.1, 0.15) is 4.70 Å². The number of benzene rings is 1. The van der Waals surface area contributed by atoms with Crippen molar-refractivity contribution in [2.45, 2.75) is 18.2 Å². The van der Waals surface area contributed by atoms with Gasteiger partial charge in [0.05, 0.1) is 11.3 Å². The molecule has 0 N–H and O–H groups in total. The first kappa shape index (κ1) is 18.4. The fraction of sp³-hybridized carbons (Fsp3) is 0.211. The zero-order chi connectivity index (χ0) is 18.5. The van der Waals surface area contributed by atoms with Crippen molar-refractivity contribution < 1.29 is 4.79 Å². The van der Waals surface area contributed by atoms with Crippen molar-refractivity contribution in [1.29, 1.82) is 0 Å². The third kappa shape index (κ3) is 4.05. The van der Waals surface area contributed by atoms with E-state index in [0.29, 0.717) is 28.5 Å². The van der Waals surface area contributed by atoms with Gasteiger partial charge in [-0.05, 0) is 17.0 Å². The Morgan fingerprint density at radius 2 is 2.12 bits per heavy atom. The van der Waals surface area contributed by atoms with Crippen LogP contribution in [0, 0.1) is 0 Å². The number of carbonyl (C=O) groups excluding carboxylic acids is 1. The first-order valence-electron chi connectivity index (χ1n) is 8.09. The maximum Gasteiger partial charge on any atom is 0.272 e. The van der Waals surface area contributed by atoms with Crippen LogP contribution in [0.15, 0.2) is 64.4 Å². The molecule has 134 valence electrons. The van der Waals surface area contributed by atoms with Crippen LogP contribution >= 0.6 is 23.1 Å². The van der Waals surface area contributed by atoms with Crippen LogP contribution in [0.5, 0.6) is 0 Å². The van der Waals surface area contributed by atoms with Crippen LogP contribution in [0.1, 0.15) is 5.56 Å². The second-order valence-corrected chi connectivity index (χ2v) is 7.62. The van der Waals surface area contributed by atoms with E-state index in [1.165, 1.54) is 23.1 Å². The molecule has 0 atom stereocenters. The largest absolute Gasteiger partial charge is 0.341 e. The van der Waals surface area contributed by atoms with Crippen LogP contribution in [0.4, 0.5) is 0 Å². The van der Waals surface area contributed by atoms with Crippen LogP contribution in [0.2, 0.25) is 0 Å². The van der Waals surface area contributed by atoms with Crippen LogP contribution in [0.3, 0.4) is 0 Å². The van der Waals surface area contributed by atoms with Gasteiger partial charge < -0.3 is 4.90 Å². The van der Waals surface area contributed by atoms with E-state index >= 15 is 0 Å². The molecule has 5 nitrogen and oxygen atoms in total. The maximum atomic E-state index is 12.6. The summed E-state index contributed by atoms with van der Waals surface area (Å²) < 4.78 is 2.20. The summed E-state index contributed by atoms with van der Waals surface area (Å²) in [7, 11) is 1.78. The van der Waals surface area contributed by atoms with Crippen molar-refractivity contribution in [2.75, 3.05) is 12.8 Å². The number of rotatable bonds is 7. The molecule has 0 saturated carbocycles. The predicted octanol–water partition coefficient (Wildman–Crippen LogP) is 3.39. The Morgan fingerprint density at radius 1 is 1.35 bits per heavy atom. The lowest BCUT2D eigenvalue weighted by molar-refractivity contribution is -0.127. The Bertz CT molecular complexity index is 979. The van der Waals surface area contributed by atoms with E-state index in [-0.39, 0.29) is 17.2 Å². The number of amides is 1. The zero-order valence-electron chi connectivity index (χ0n) is 14.4. The number of fused-ring (bicyclic) bond motifs is 1. The Balaban J connectivity index is 1.74. The molecule has 0 aliphatic carbocycles. The average molecular weight is 386 g/mol. The van der Waals surface area contributed by atoms with Gasteiger partial charge in [-0.15, -0.1) is 17.9 Å². The minimum atomic E-state index is -0.0857. The molecule has 0 spiro atoms. The van der Waals surface area contributed by atoms with Crippen molar-refractivity contribution in [3.05, 3.63) is 70.4 Å². The monoisotopic (exact) mass is 385 g/mol. The molecule has 3 rings (SSSR count). The Morgan fingerprint density at radius 3 is 2.85 bits per heavy atom. The van der Waals surface area contributed by atoms with E-state index in [1.807, 2.05) is 41.8 Å². The summed E-state index contributed by atoms with van der Waals surface area (Å²) in [5.41, 5.74) is 1.67. The predicted molar refractivity (Wildman–Crippen MR) is 108 cm³/mol. The molecule has 0 aliphatic rings. The van der Waals surface area contributed by atoms with Gasteiger partial charge in [0, 0.05) is 20.1 Å². The minimum Gasteiger partial charge on any atom is -0.341 e. The third-order valence-corrected chi connectivity index (χ3v) is 5.71. The van der Waals surface area contributed by atoms with Gasteiger partial charge in [-0.2, -0.15) is 0 Å². The Kier molecular flexibility index (Phi) is 5.90. The highest BCUT2D eigenvalue weighted by atomic mass is 32.2. The zero-order valence-corrected chi connectivity index (χ0v) is 16.1. The van der Waals surface area contributed by atoms with Gasteiger partial charge in [0.15, 0.2) is 5.16 Å². The summed E-state index contributed by atoms with van der Waals surface area (Å²) in [6.07, 6.45) is 1.66. The SMILES string of the molecule is C=CCn1c(SCC(=O)N(C)Cc2ccccc2)nc2ccsc2c1=O. The van der Waals surface area contributed by atoms with Crippen LogP contribution < -0.4 is 5.56 Å². The topological polar surface area (TPSA) is 55.2 Å². The lowest BCUT2D eigenvalue weighted by Gasteiger charge is -2.17. The number of nitrogens with zero attached hydrogens (tertiary/aromatic N) is 3. The number of thiophene rings is 1. The van der Waals surface area contributed by atoms with E-state index in [0.717, 1.165) is 5.56 Å². The van der Waals surface area contributed by atoms with E-state index < -0.39 is 0 Å². The van der Waals surface area contributed by atoms with E-state index in [4.69, 9.17) is 0 Å². The molecule has 0 radical (unpaired) electrons. The highest BCUT2D eigenvalue weighted by molar-refractivity contribution is 7.99. The number of thioether (sulfide) groups is 1. The summed E-state index contributed by atoms with van der Waals surface area (Å²) >= 11 is 2.66. The van der Waals surface area contributed by atoms with E-state index in [2.05, 4.69) is 11.6 Å². The lowest BCUT2D eigenvalue weighted by Crippen LogP contribution is -2.28.